The van der Waals surface area contributed by atoms with Gasteiger partial charge in [0.2, 0.25) is 0 Å². The maximum Gasteiger partial charge on any atom is 0.412 e. The van der Waals surface area contributed by atoms with Gasteiger partial charge in [-0.1, -0.05) is 76.6 Å². The molecule has 2 N–H and O–H groups in total. The Hall–Kier alpha value is -5.80. The van der Waals surface area contributed by atoms with Crippen molar-refractivity contribution < 1.29 is 61.4 Å². The monoisotopic (exact) mass is 1240 g/mol. The average molecular weight is 1240 g/mol. The number of methoxy groups -OCH3 is 2. The van der Waals surface area contributed by atoms with Crippen molar-refractivity contribution in [2.75, 3.05) is 71.0 Å². The van der Waals surface area contributed by atoms with Crippen LogP contribution in [-0.4, -0.2) is 143 Å². The van der Waals surface area contributed by atoms with Crippen molar-refractivity contribution in [3.8, 4) is 23.0 Å². The first-order valence-electron chi connectivity index (χ1n) is 28.5. The molecule has 2 aliphatic heterocycles. The molecular weight excluding hydrogens is 1150 g/mol. The second-order valence-electron chi connectivity index (χ2n) is 25.9. The second kappa shape index (κ2) is 27.7. The highest BCUT2D eigenvalue weighted by Crippen LogP contribution is 2.55. The average Bonchev–Trinajstić information content (AvgIpc) is 3.40. The zero-order valence-corrected chi connectivity index (χ0v) is 55.5. The highest BCUT2D eigenvalue weighted by molar-refractivity contribution is 8.77. The number of nitrogens with one attached hydrogen (secondary N) is 2. The van der Waals surface area contributed by atoms with Gasteiger partial charge < -0.3 is 47.1 Å². The van der Waals surface area contributed by atoms with Crippen molar-refractivity contribution in [1.82, 2.24) is 14.8 Å². The number of likely N-dealkylation sites (tertiary alicyclic amines) is 2. The lowest BCUT2D eigenvalue weighted by Gasteiger charge is -2.38. The van der Waals surface area contributed by atoms with E-state index in [0.29, 0.717) is 80.7 Å². The number of carbonyl (C=O) groups excluding carboxylic acids is 4. The van der Waals surface area contributed by atoms with Crippen molar-refractivity contribution in [1.29, 1.82) is 0 Å². The molecular formula is C60H88N6O14S2Si2. The first kappa shape index (κ1) is 67.3. The fourth-order valence-corrected chi connectivity index (χ4v) is 13.3. The third-order valence-electron chi connectivity index (χ3n) is 15.9. The minimum atomic E-state index is -2.18. The number of carbonyl (C=O) groups is 4. The maximum atomic E-state index is 14.8. The molecule has 4 amide bonds. The Morgan fingerprint density at radius 2 is 1.18 bits per heavy atom. The molecule has 0 spiro atoms. The zero-order valence-electron chi connectivity index (χ0n) is 51.8. The Labute approximate surface area is 506 Å². The van der Waals surface area contributed by atoms with Crippen LogP contribution in [-0.2, 0) is 18.3 Å². The Balaban J connectivity index is 1.14. The summed E-state index contributed by atoms with van der Waals surface area (Å²) in [5, 5.41) is 17.3. The van der Waals surface area contributed by atoms with Gasteiger partial charge in [-0.15, -0.1) is 0 Å². The van der Waals surface area contributed by atoms with Gasteiger partial charge in [0.05, 0.1) is 84.9 Å². The van der Waals surface area contributed by atoms with E-state index >= 15 is 0 Å². The standard InChI is InChI=1S/C60H88N6O14S2Si2/c1-39-27-42(36-78-83(14,15)58(6,7)8)64(34-39)53(67)44-29-48(73-12)50(31-46(44)62-55(69)77-38-60(23-24-60)82-81-52-22-21-41(33-61-52)66(71)72)75-25-19-18-20-26-76-51-32-47(63-56(70)80-57(3,4)5)45(30-49(51)74-13)54(68)65-35-40(2)28-43(65)37-79-84(16,17)59(9,10)11/h21-22,29-33,42-43H,1-2,18-20,23-28,34-38H2,3-17H3,(H,62,69)(H,63,70)/t42-,43-/m0/s1. The van der Waals surface area contributed by atoms with Gasteiger partial charge in [0, 0.05) is 31.3 Å². The quantitative estimate of drug-likeness (QED) is 0.0190. The smallest absolute Gasteiger partial charge is 0.412 e. The summed E-state index contributed by atoms with van der Waals surface area (Å²) < 4.78 is 48.5. The molecule has 84 heavy (non-hydrogen) atoms. The first-order chi connectivity index (χ1) is 39.1. The Kier molecular flexibility index (Phi) is 22.2. The zero-order chi connectivity index (χ0) is 62.2. The van der Waals surface area contributed by atoms with Gasteiger partial charge in [0.25, 0.3) is 17.5 Å². The molecule has 24 heteroatoms. The van der Waals surface area contributed by atoms with Gasteiger partial charge in [0.1, 0.15) is 23.4 Å². The number of nitrogens with zero attached hydrogens (tertiary/aromatic N) is 4. The van der Waals surface area contributed by atoms with E-state index in [1.807, 2.05) is 0 Å². The first-order valence-corrected chi connectivity index (χ1v) is 36.4. The predicted octanol–water partition coefficient (Wildman–Crippen LogP) is 14.1. The van der Waals surface area contributed by atoms with Crippen molar-refractivity contribution in [2.24, 2.45) is 0 Å². The summed E-state index contributed by atoms with van der Waals surface area (Å²) in [5.74, 6) is 0.526. The molecule has 1 aliphatic carbocycles. The minimum absolute atomic E-state index is 0.0204. The van der Waals surface area contributed by atoms with E-state index in [1.54, 1.807) is 60.9 Å². The number of hydrogen-bond acceptors (Lipinski definition) is 17. The highest BCUT2D eigenvalue weighted by atomic mass is 33.1. The van der Waals surface area contributed by atoms with Gasteiger partial charge in [-0.05, 0) is 131 Å². The highest BCUT2D eigenvalue weighted by Gasteiger charge is 2.46. The molecule has 2 saturated heterocycles. The molecule has 3 fully saturated rings. The Morgan fingerprint density at radius 3 is 1.57 bits per heavy atom. The van der Waals surface area contributed by atoms with E-state index in [-0.39, 0.29) is 92.5 Å². The molecule has 6 rings (SSSR count). The molecule has 3 aliphatic rings. The van der Waals surface area contributed by atoms with Crippen LogP contribution in [0, 0.1) is 10.1 Å². The fourth-order valence-electron chi connectivity index (χ4n) is 8.66. The lowest BCUT2D eigenvalue weighted by atomic mass is 10.1. The van der Waals surface area contributed by atoms with E-state index < -0.39 is 39.3 Å². The number of unbranched alkanes of at least 4 members (excludes halogenated alkanes) is 2. The summed E-state index contributed by atoms with van der Waals surface area (Å²) in [4.78, 5) is 74.6. The van der Waals surface area contributed by atoms with Crippen LogP contribution >= 0.6 is 21.6 Å². The van der Waals surface area contributed by atoms with Gasteiger partial charge in [-0.25, -0.2) is 14.6 Å². The molecule has 3 aromatic rings. The number of hydrogen-bond donors (Lipinski definition) is 2. The van der Waals surface area contributed by atoms with Crippen LogP contribution < -0.4 is 29.6 Å². The molecule has 0 bridgehead atoms. The molecule has 0 radical (unpaired) electrons. The SMILES string of the molecule is C=C1C[C@@H](CO[Si](C)(C)C(C)(C)C)N(C(=O)c2cc(OC)c(OCCCCCOc3cc(NC(=O)OC(C)(C)C)c(C(=O)N4CC(=C)C[C@H]4CO[Si](C)(C)C(C)(C)C)cc3OC)cc2NC(=O)OCC2(SSc3ccc([N+](=O)[O-])cn3)CC2)C1. The Bertz CT molecular complexity index is 2900. The second-order valence-corrected chi connectivity index (χ2v) is 38.1. The summed E-state index contributed by atoms with van der Waals surface area (Å²) >= 11 is 0. The predicted molar refractivity (Wildman–Crippen MR) is 335 cm³/mol. The number of aromatic nitrogens is 1. The maximum absolute atomic E-state index is 14.8. The number of pyridine rings is 1. The topological polar surface area (TPSA) is 229 Å². The normalized spacial score (nSPS) is 17.2. The summed E-state index contributed by atoms with van der Waals surface area (Å²) in [6, 6.07) is 8.76. The Morgan fingerprint density at radius 1 is 0.714 bits per heavy atom. The van der Waals surface area contributed by atoms with E-state index in [0.717, 1.165) is 24.0 Å². The summed E-state index contributed by atoms with van der Waals surface area (Å²) in [5.41, 5.74) is 1.62. The van der Waals surface area contributed by atoms with Crippen LogP contribution in [0.25, 0.3) is 0 Å². The largest absolute Gasteiger partial charge is 0.493 e. The van der Waals surface area contributed by atoms with Crippen LogP contribution in [0.4, 0.5) is 26.7 Å². The lowest BCUT2D eigenvalue weighted by molar-refractivity contribution is -0.385. The number of rotatable bonds is 26. The number of amides is 4. The fraction of sp³-hybridized carbons (Fsp3) is 0.583. The third-order valence-corrected chi connectivity index (χ3v) is 28.1. The van der Waals surface area contributed by atoms with Crippen molar-refractivity contribution in [3.05, 3.63) is 88.1 Å². The molecule has 0 unspecified atom stereocenters. The molecule has 2 atom stereocenters. The van der Waals surface area contributed by atoms with Crippen LogP contribution in [0.15, 0.2) is 71.9 Å². The molecule has 2 aromatic carbocycles. The summed E-state index contributed by atoms with van der Waals surface area (Å²) in [6.45, 7) is 37.3. The van der Waals surface area contributed by atoms with Gasteiger partial charge >= 0.3 is 12.2 Å². The minimum Gasteiger partial charge on any atom is -0.493 e. The van der Waals surface area contributed by atoms with Gasteiger partial charge in [-0.2, -0.15) is 0 Å². The number of benzene rings is 2. The van der Waals surface area contributed by atoms with Crippen LogP contribution in [0.5, 0.6) is 23.0 Å². The van der Waals surface area contributed by atoms with Crippen molar-refractivity contribution >= 4 is 79.3 Å². The molecule has 20 nitrogen and oxygen atoms in total. The van der Waals surface area contributed by atoms with E-state index in [1.165, 1.54) is 48.1 Å². The van der Waals surface area contributed by atoms with Crippen molar-refractivity contribution in [3.63, 3.8) is 0 Å². The van der Waals surface area contributed by atoms with Crippen molar-refractivity contribution in [2.45, 2.75) is 171 Å². The molecule has 3 heterocycles. The van der Waals surface area contributed by atoms with E-state index in [2.05, 4.69) is 96.5 Å². The summed E-state index contributed by atoms with van der Waals surface area (Å²) in [7, 11) is 1.50. The summed E-state index contributed by atoms with van der Waals surface area (Å²) in [6.07, 6.45) is 4.25. The number of ether oxygens (including phenoxy) is 6. The molecule has 1 saturated carbocycles. The number of nitro groups is 1. The van der Waals surface area contributed by atoms with Crippen LogP contribution in [0.3, 0.4) is 0 Å². The van der Waals surface area contributed by atoms with Gasteiger partial charge in [0.15, 0.2) is 39.6 Å². The number of anilines is 2. The van der Waals surface area contributed by atoms with E-state index in [4.69, 9.17) is 37.3 Å². The lowest BCUT2D eigenvalue weighted by Crippen LogP contribution is -2.46. The van der Waals surface area contributed by atoms with E-state index in [9.17, 15) is 29.3 Å². The molecule has 462 valence electrons. The molecule has 1 aromatic heterocycles. The van der Waals surface area contributed by atoms with Gasteiger partial charge in [-0.3, -0.25) is 30.3 Å². The third kappa shape index (κ3) is 18.1. The van der Waals surface area contributed by atoms with Crippen LogP contribution in [0.1, 0.15) is 128 Å². The van der Waals surface area contributed by atoms with Crippen LogP contribution in [0.2, 0.25) is 36.3 Å².